The van der Waals surface area contributed by atoms with Gasteiger partial charge in [-0.15, -0.1) is 0 Å². The molecule has 0 heterocycles. The third-order valence-corrected chi connectivity index (χ3v) is 4.00. The number of esters is 1. The lowest BCUT2D eigenvalue weighted by molar-refractivity contribution is -0.117. The summed E-state index contributed by atoms with van der Waals surface area (Å²) >= 11 is 0. The molecule has 0 spiro atoms. The average molecular weight is 384 g/mol. The molecule has 0 saturated heterocycles. The van der Waals surface area contributed by atoms with Gasteiger partial charge in [0.05, 0.1) is 30.7 Å². The average Bonchev–Trinajstić information content (AvgIpc) is 2.69. The molecule has 0 aromatic heterocycles. The lowest BCUT2D eigenvalue weighted by Crippen LogP contribution is -2.32. The zero-order chi connectivity index (χ0) is 20.5. The van der Waals surface area contributed by atoms with Gasteiger partial charge in [0.25, 0.3) is 0 Å². The minimum atomic E-state index is -0.535. The van der Waals surface area contributed by atoms with Gasteiger partial charge in [0.1, 0.15) is 5.75 Å². The Balaban J connectivity index is 2.10. The third kappa shape index (κ3) is 5.33. The van der Waals surface area contributed by atoms with Crippen molar-refractivity contribution in [1.82, 2.24) is 0 Å². The Kier molecular flexibility index (Phi) is 7.56. The summed E-state index contributed by atoms with van der Waals surface area (Å²) in [5, 5.41) is 2.70. The second-order valence-corrected chi connectivity index (χ2v) is 5.91. The maximum atomic E-state index is 12.4. The maximum absolute atomic E-state index is 12.4. The SMILES string of the molecule is CCOc1ccccc1N(CCC(=O)Nc1ccccc1C(=O)OC)C(C)=O. The van der Waals surface area contributed by atoms with E-state index in [1.807, 2.05) is 13.0 Å². The molecule has 7 nitrogen and oxygen atoms in total. The molecule has 2 aromatic carbocycles. The Hall–Kier alpha value is -3.35. The van der Waals surface area contributed by atoms with Crippen LogP contribution in [0.25, 0.3) is 0 Å². The van der Waals surface area contributed by atoms with E-state index in [1.165, 1.54) is 18.9 Å². The number of hydrogen-bond acceptors (Lipinski definition) is 5. The van der Waals surface area contributed by atoms with E-state index in [1.54, 1.807) is 42.5 Å². The summed E-state index contributed by atoms with van der Waals surface area (Å²) in [6, 6.07) is 13.8. The van der Waals surface area contributed by atoms with E-state index >= 15 is 0 Å². The van der Waals surface area contributed by atoms with E-state index < -0.39 is 5.97 Å². The summed E-state index contributed by atoms with van der Waals surface area (Å²) in [5.41, 5.74) is 1.24. The molecule has 0 aliphatic heterocycles. The molecule has 0 aliphatic carbocycles. The van der Waals surface area contributed by atoms with Crippen molar-refractivity contribution in [2.24, 2.45) is 0 Å². The predicted molar refractivity (Wildman–Crippen MR) is 107 cm³/mol. The third-order valence-electron chi connectivity index (χ3n) is 4.00. The van der Waals surface area contributed by atoms with Crippen LogP contribution in [0.5, 0.6) is 5.75 Å². The van der Waals surface area contributed by atoms with Crippen LogP contribution in [-0.2, 0) is 14.3 Å². The Morgan fingerprint density at radius 1 is 1.04 bits per heavy atom. The fourth-order valence-electron chi connectivity index (χ4n) is 2.71. The van der Waals surface area contributed by atoms with Crippen LogP contribution in [0, 0.1) is 0 Å². The monoisotopic (exact) mass is 384 g/mol. The lowest BCUT2D eigenvalue weighted by atomic mass is 10.1. The number of nitrogens with one attached hydrogen (secondary N) is 1. The Labute approximate surface area is 164 Å². The number of anilines is 2. The van der Waals surface area contributed by atoms with Crippen molar-refractivity contribution < 1.29 is 23.9 Å². The van der Waals surface area contributed by atoms with Gasteiger partial charge in [-0.05, 0) is 31.2 Å². The largest absolute Gasteiger partial charge is 0.492 e. The molecule has 2 amide bonds. The predicted octanol–water partition coefficient (Wildman–Crippen LogP) is 3.25. The minimum Gasteiger partial charge on any atom is -0.492 e. The molecular formula is C21H24N2O5. The van der Waals surface area contributed by atoms with Gasteiger partial charge in [-0.3, -0.25) is 9.59 Å². The standard InChI is InChI=1S/C21H24N2O5/c1-4-28-19-12-8-7-11-18(19)23(15(2)24)14-13-20(25)22-17-10-6-5-9-16(17)21(26)27-3/h5-12H,4,13-14H2,1-3H3,(H,22,25). The molecule has 0 fully saturated rings. The first-order valence-corrected chi connectivity index (χ1v) is 8.95. The van der Waals surface area contributed by atoms with Crippen molar-refractivity contribution in [2.45, 2.75) is 20.3 Å². The molecule has 2 rings (SSSR count). The van der Waals surface area contributed by atoms with Crippen LogP contribution < -0.4 is 15.0 Å². The van der Waals surface area contributed by atoms with Crippen molar-refractivity contribution in [1.29, 1.82) is 0 Å². The van der Waals surface area contributed by atoms with Crippen LogP contribution in [0.1, 0.15) is 30.6 Å². The molecule has 0 unspecified atom stereocenters. The fourth-order valence-corrected chi connectivity index (χ4v) is 2.71. The van der Waals surface area contributed by atoms with E-state index in [9.17, 15) is 14.4 Å². The van der Waals surface area contributed by atoms with Crippen LogP contribution in [0.4, 0.5) is 11.4 Å². The van der Waals surface area contributed by atoms with Crippen molar-refractivity contribution in [2.75, 3.05) is 30.5 Å². The highest BCUT2D eigenvalue weighted by Gasteiger charge is 2.18. The van der Waals surface area contributed by atoms with Gasteiger partial charge in [0.15, 0.2) is 0 Å². The first-order valence-electron chi connectivity index (χ1n) is 8.95. The van der Waals surface area contributed by atoms with E-state index in [2.05, 4.69) is 5.32 Å². The molecule has 2 aromatic rings. The van der Waals surface area contributed by atoms with Crippen molar-refractivity contribution >= 4 is 29.2 Å². The van der Waals surface area contributed by atoms with E-state index in [0.717, 1.165) is 0 Å². The van der Waals surface area contributed by atoms with Crippen molar-refractivity contribution in [3.05, 3.63) is 54.1 Å². The topological polar surface area (TPSA) is 84.9 Å². The number of nitrogens with zero attached hydrogens (tertiary/aromatic N) is 1. The number of methoxy groups -OCH3 is 1. The fraction of sp³-hybridized carbons (Fsp3) is 0.286. The van der Waals surface area contributed by atoms with Gasteiger partial charge < -0.3 is 19.7 Å². The zero-order valence-corrected chi connectivity index (χ0v) is 16.2. The Morgan fingerprint density at radius 2 is 1.71 bits per heavy atom. The molecule has 0 aliphatic rings. The Morgan fingerprint density at radius 3 is 2.39 bits per heavy atom. The van der Waals surface area contributed by atoms with Gasteiger partial charge in [-0.1, -0.05) is 24.3 Å². The number of amides is 2. The number of ether oxygens (including phenoxy) is 2. The smallest absolute Gasteiger partial charge is 0.339 e. The number of carbonyl (C=O) groups excluding carboxylic acids is 3. The maximum Gasteiger partial charge on any atom is 0.339 e. The van der Waals surface area contributed by atoms with Gasteiger partial charge >= 0.3 is 5.97 Å². The second kappa shape index (κ2) is 10.1. The van der Waals surface area contributed by atoms with Crippen LogP contribution in [0.3, 0.4) is 0 Å². The van der Waals surface area contributed by atoms with Crippen LogP contribution in [0.15, 0.2) is 48.5 Å². The Bertz CT molecular complexity index is 850. The minimum absolute atomic E-state index is 0.0511. The van der Waals surface area contributed by atoms with E-state index in [4.69, 9.17) is 9.47 Å². The molecule has 1 N–H and O–H groups in total. The molecule has 7 heteroatoms. The highest BCUT2D eigenvalue weighted by atomic mass is 16.5. The summed E-state index contributed by atoms with van der Waals surface area (Å²) in [6.07, 6.45) is 0.0511. The molecule has 0 atom stereocenters. The van der Waals surface area contributed by atoms with Gasteiger partial charge in [0.2, 0.25) is 11.8 Å². The summed E-state index contributed by atoms with van der Waals surface area (Å²) in [4.78, 5) is 37.9. The van der Waals surface area contributed by atoms with Crippen LogP contribution in [-0.4, -0.2) is 38.0 Å². The summed E-state index contributed by atoms with van der Waals surface area (Å²) in [6.45, 7) is 3.94. The number of carbonyl (C=O) groups is 3. The number of para-hydroxylation sites is 3. The highest BCUT2D eigenvalue weighted by molar-refractivity contribution is 6.01. The molecular weight excluding hydrogens is 360 g/mol. The van der Waals surface area contributed by atoms with E-state index in [-0.39, 0.29) is 30.3 Å². The van der Waals surface area contributed by atoms with Crippen LogP contribution >= 0.6 is 0 Å². The van der Waals surface area contributed by atoms with Crippen molar-refractivity contribution in [3.63, 3.8) is 0 Å². The molecule has 28 heavy (non-hydrogen) atoms. The van der Waals surface area contributed by atoms with Gasteiger partial charge in [-0.2, -0.15) is 0 Å². The molecule has 0 radical (unpaired) electrons. The van der Waals surface area contributed by atoms with Crippen molar-refractivity contribution in [3.8, 4) is 5.75 Å². The first-order chi connectivity index (χ1) is 13.5. The number of rotatable bonds is 8. The second-order valence-electron chi connectivity index (χ2n) is 5.91. The van der Waals surface area contributed by atoms with Gasteiger partial charge in [0, 0.05) is 19.9 Å². The quantitative estimate of drug-likeness (QED) is 0.706. The van der Waals surface area contributed by atoms with E-state index in [0.29, 0.717) is 23.7 Å². The lowest BCUT2D eigenvalue weighted by Gasteiger charge is -2.23. The zero-order valence-electron chi connectivity index (χ0n) is 16.2. The normalized spacial score (nSPS) is 10.1. The van der Waals surface area contributed by atoms with Crippen LogP contribution in [0.2, 0.25) is 0 Å². The summed E-state index contributed by atoms with van der Waals surface area (Å²) in [5.74, 6) is -0.477. The summed E-state index contributed by atoms with van der Waals surface area (Å²) < 4.78 is 10.3. The highest BCUT2D eigenvalue weighted by Crippen LogP contribution is 2.28. The summed E-state index contributed by atoms with van der Waals surface area (Å²) in [7, 11) is 1.28. The molecule has 148 valence electrons. The molecule has 0 saturated carbocycles. The first kappa shape index (κ1) is 21.0. The number of hydrogen-bond donors (Lipinski definition) is 1. The number of benzene rings is 2. The van der Waals surface area contributed by atoms with Gasteiger partial charge in [-0.25, -0.2) is 4.79 Å². The molecule has 0 bridgehead atoms.